The molecule has 5 nitrogen and oxygen atoms in total. The summed E-state index contributed by atoms with van der Waals surface area (Å²) in [6.07, 6.45) is 2.00. The number of piperidine rings is 1. The van der Waals surface area contributed by atoms with Gasteiger partial charge < -0.3 is 14.5 Å². The number of amides is 1. The predicted molar refractivity (Wildman–Crippen MR) is 134 cm³/mol. The molecule has 5 rings (SSSR count). The Kier molecular flexibility index (Phi) is 6.82. The lowest BCUT2D eigenvalue weighted by molar-refractivity contribution is -0.146. The summed E-state index contributed by atoms with van der Waals surface area (Å²) < 4.78 is 18.4. The molecular weight excluding hydrogens is 443 g/mol. The Labute approximate surface area is 205 Å². The van der Waals surface area contributed by atoms with Gasteiger partial charge in [-0.05, 0) is 66.4 Å². The number of ether oxygens (including phenoxy) is 1. The number of hydrogen-bond donors (Lipinski definition) is 0. The molecule has 3 aromatic carbocycles. The number of fused-ring (bicyclic) bond motifs is 1. The molecule has 2 saturated heterocycles. The Morgan fingerprint density at radius 1 is 0.943 bits per heavy atom. The quantitative estimate of drug-likeness (QED) is 0.502. The van der Waals surface area contributed by atoms with Gasteiger partial charge in [-0.25, -0.2) is 4.39 Å². The monoisotopic (exact) mass is 474 g/mol. The molecule has 6 heteroatoms. The lowest BCUT2D eigenvalue weighted by Gasteiger charge is -2.34. The molecular formula is C29H31FN2O3. The van der Waals surface area contributed by atoms with Gasteiger partial charge in [0.2, 0.25) is 0 Å². The van der Waals surface area contributed by atoms with Crippen LogP contribution in [0.3, 0.4) is 0 Å². The van der Waals surface area contributed by atoms with Gasteiger partial charge in [0.05, 0.1) is 13.0 Å². The molecule has 0 N–H and O–H groups in total. The Hall–Kier alpha value is -3.25. The highest BCUT2D eigenvalue weighted by molar-refractivity contribution is 6.07. The highest BCUT2D eigenvalue weighted by Gasteiger charge is 2.41. The first-order valence-corrected chi connectivity index (χ1v) is 12.4. The normalized spacial score (nSPS) is 21.4. The van der Waals surface area contributed by atoms with Crippen LogP contribution >= 0.6 is 0 Å². The molecule has 2 fully saturated rings. The number of halogens is 1. The van der Waals surface area contributed by atoms with E-state index in [0.29, 0.717) is 24.6 Å². The van der Waals surface area contributed by atoms with Crippen molar-refractivity contribution in [1.29, 1.82) is 0 Å². The van der Waals surface area contributed by atoms with Crippen molar-refractivity contribution in [1.82, 2.24) is 9.80 Å². The minimum absolute atomic E-state index is 0.0312. The van der Waals surface area contributed by atoms with E-state index in [1.807, 2.05) is 59.5 Å². The number of carbonyl (C=O) groups excluding carboxylic acids is 2. The molecule has 3 aromatic rings. The van der Waals surface area contributed by atoms with Gasteiger partial charge >= 0.3 is 5.97 Å². The zero-order valence-electron chi connectivity index (χ0n) is 20.0. The zero-order valence-corrected chi connectivity index (χ0v) is 20.0. The summed E-state index contributed by atoms with van der Waals surface area (Å²) in [4.78, 5) is 30.4. The minimum Gasteiger partial charge on any atom is -0.469 e. The average molecular weight is 475 g/mol. The molecule has 0 bridgehead atoms. The van der Waals surface area contributed by atoms with Crippen LogP contribution in [0.5, 0.6) is 0 Å². The summed E-state index contributed by atoms with van der Waals surface area (Å²) in [7, 11) is 1.42. The topological polar surface area (TPSA) is 49.9 Å². The summed E-state index contributed by atoms with van der Waals surface area (Å²) >= 11 is 0. The van der Waals surface area contributed by atoms with E-state index in [1.54, 1.807) is 0 Å². The molecule has 0 aliphatic carbocycles. The van der Waals surface area contributed by atoms with Crippen LogP contribution in [0.4, 0.5) is 4.39 Å². The molecule has 2 aliphatic heterocycles. The van der Waals surface area contributed by atoms with Crippen molar-refractivity contribution in [2.45, 2.75) is 18.8 Å². The SMILES string of the molecule is COC(=O)[C@@H]1CN(C(=O)c2cccc3ccccc23)CC1CN1CCC(c2ccc(F)cc2)CC1. The number of hydrogen-bond acceptors (Lipinski definition) is 4. The molecule has 0 spiro atoms. The molecule has 2 aliphatic rings. The van der Waals surface area contributed by atoms with Crippen molar-refractivity contribution in [3.63, 3.8) is 0 Å². The highest BCUT2D eigenvalue weighted by Crippen LogP contribution is 2.32. The first kappa shape index (κ1) is 23.5. The molecule has 182 valence electrons. The predicted octanol–water partition coefficient (Wildman–Crippen LogP) is 4.72. The Balaban J connectivity index is 1.27. The molecule has 1 unspecified atom stereocenters. The minimum atomic E-state index is -0.325. The van der Waals surface area contributed by atoms with Gasteiger partial charge in [-0.2, -0.15) is 0 Å². The van der Waals surface area contributed by atoms with Crippen LogP contribution < -0.4 is 0 Å². The van der Waals surface area contributed by atoms with Crippen LogP contribution in [0, 0.1) is 17.7 Å². The third-order valence-electron chi connectivity index (χ3n) is 7.67. The van der Waals surface area contributed by atoms with E-state index in [-0.39, 0.29) is 29.5 Å². The Bertz CT molecular complexity index is 1200. The number of esters is 1. The van der Waals surface area contributed by atoms with Gasteiger partial charge in [-0.1, -0.05) is 48.5 Å². The maximum absolute atomic E-state index is 13.5. The second-order valence-corrected chi connectivity index (χ2v) is 9.75. The number of benzene rings is 3. The van der Waals surface area contributed by atoms with Crippen LogP contribution in [0.1, 0.15) is 34.7 Å². The molecule has 0 radical (unpaired) electrons. The van der Waals surface area contributed by atoms with Crippen molar-refractivity contribution < 1.29 is 18.7 Å². The third-order valence-corrected chi connectivity index (χ3v) is 7.67. The van der Waals surface area contributed by atoms with Gasteiger partial charge in [0, 0.05) is 31.1 Å². The number of likely N-dealkylation sites (tertiary alicyclic amines) is 2. The summed E-state index contributed by atoms with van der Waals surface area (Å²) in [5, 5.41) is 1.96. The van der Waals surface area contributed by atoms with Crippen LogP contribution in [0.15, 0.2) is 66.7 Å². The van der Waals surface area contributed by atoms with E-state index in [4.69, 9.17) is 4.74 Å². The number of carbonyl (C=O) groups is 2. The van der Waals surface area contributed by atoms with Gasteiger partial charge in [0.25, 0.3) is 5.91 Å². The van der Waals surface area contributed by atoms with E-state index in [2.05, 4.69) is 4.90 Å². The average Bonchev–Trinajstić information content (AvgIpc) is 3.32. The van der Waals surface area contributed by atoms with Gasteiger partial charge in [-0.3, -0.25) is 9.59 Å². The molecule has 0 saturated carbocycles. The smallest absolute Gasteiger partial charge is 0.310 e. The number of nitrogens with zero attached hydrogens (tertiary/aromatic N) is 2. The van der Waals surface area contributed by atoms with Crippen LogP contribution in [0.2, 0.25) is 0 Å². The Morgan fingerprint density at radius 2 is 1.66 bits per heavy atom. The molecule has 1 amide bonds. The maximum Gasteiger partial charge on any atom is 0.310 e. The van der Waals surface area contributed by atoms with E-state index in [9.17, 15) is 14.0 Å². The van der Waals surface area contributed by atoms with Crippen molar-refractivity contribution in [2.75, 3.05) is 39.8 Å². The molecule has 2 atom stereocenters. The maximum atomic E-state index is 13.5. The molecule has 0 aromatic heterocycles. The summed E-state index contributed by atoms with van der Waals surface area (Å²) in [6, 6.07) is 20.5. The van der Waals surface area contributed by atoms with E-state index >= 15 is 0 Å². The van der Waals surface area contributed by atoms with Crippen molar-refractivity contribution >= 4 is 22.6 Å². The highest BCUT2D eigenvalue weighted by atomic mass is 19.1. The summed E-state index contributed by atoms with van der Waals surface area (Å²) in [5.41, 5.74) is 1.86. The Morgan fingerprint density at radius 3 is 2.40 bits per heavy atom. The van der Waals surface area contributed by atoms with E-state index in [1.165, 1.54) is 24.8 Å². The fourth-order valence-corrected chi connectivity index (χ4v) is 5.74. The third kappa shape index (κ3) is 4.94. The number of rotatable bonds is 5. The van der Waals surface area contributed by atoms with E-state index in [0.717, 1.165) is 43.2 Å². The second kappa shape index (κ2) is 10.2. The van der Waals surface area contributed by atoms with Crippen molar-refractivity contribution in [3.8, 4) is 0 Å². The first-order chi connectivity index (χ1) is 17.0. The fraction of sp³-hybridized carbons (Fsp3) is 0.379. The molecule has 2 heterocycles. The summed E-state index contributed by atoms with van der Waals surface area (Å²) in [6.45, 7) is 3.52. The lowest BCUT2D eigenvalue weighted by Crippen LogP contribution is -2.40. The molecule has 35 heavy (non-hydrogen) atoms. The van der Waals surface area contributed by atoms with Crippen molar-refractivity contribution in [3.05, 3.63) is 83.7 Å². The first-order valence-electron chi connectivity index (χ1n) is 12.4. The van der Waals surface area contributed by atoms with Gasteiger partial charge in [0.1, 0.15) is 5.82 Å². The summed E-state index contributed by atoms with van der Waals surface area (Å²) in [5.74, 6) is -0.352. The van der Waals surface area contributed by atoms with Crippen LogP contribution in [0.25, 0.3) is 10.8 Å². The van der Waals surface area contributed by atoms with Crippen LogP contribution in [-0.2, 0) is 9.53 Å². The van der Waals surface area contributed by atoms with Gasteiger partial charge in [-0.15, -0.1) is 0 Å². The zero-order chi connectivity index (χ0) is 24.4. The standard InChI is InChI=1S/C29H31FN2O3/c1-35-29(34)27-19-32(28(33)26-8-4-6-22-5-2-3-7-25(22)26)18-23(27)17-31-15-13-21(14-16-31)20-9-11-24(30)12-10-20/h2-12,21,23,27H,13-19H2,1H3/t23?,27-/m1/s1. The van der Waals surface area contributed by atoms with Gasteiger partial charge in [0.15, 0.2) is 0 Å². The second-order valence-electron chi connectivity index (χ2n) is 9.75. The van der Waals surface area contributed by atoms with E-state index < -0.39 is 0 Å². The fourth-order valence-electron chi connectivity index (χ4n) is 5.74. The largest absolute Gasteiger partial charge is 0.469 e. The van der Waals surface area contributed by atoms with Crippen molar-refractivity contribution in [2.24, 2.45) is 11.8 Å². The lowest BCUT2D eigenvalue weighted by atomic mass is 9.88. The number of methoxy groups -OCH3 is 1. The van der Waals surface area contributed by atoms with Crippen LogP contribution in [-0.4, -0.2) is 61.5 Å².